The van der Waals surface area contributed by atoms with Gasteiger partial charge in [-0.3, -0.25) is 0 Å². The fraction of sp³-hybridized carbons (Fsp3) is 0.286. The Labute approximate surface area is 148 Å². The number of benzene rings is 1. The molecule has 0 radical (unpaired) electrons. The lowest BCUT2D eigenvalue weighted by atomic mass is 10.3. The molecule has 24 heavy (non-hydrogen) atoms. The van der Waals surface area contributed by atoms with Gasteiger partial charge in [0.15, 0.2) is 5.82 Å². The van der Waals surface area contributed by atoms with Crippen LogP contribution in [-0.4, -0.2) is 41.9 Å². The molecular weight excluding hydrogens is 380 g/mol. The van der Waals surface area contributed by atoms with Crippen molar-refractivity contribution in [1.82, 2.24) is 14.3 Å². The molecule has 3 rings (SSSR count). The van der Waals surface area contributed by atoms with E-state index in [2.05, 4.69) is 9.97 Å². The van der Waals surface area contributed by atoms with Crippen LogP contribution >= 0.6 is 23.2 Å². The second kappa shape index (κ2) is 6.79. The van der Waals surface area contributed by atoms with Crippen LogP contribution in [0.15, 0.2) is 35.5 Å². The Morgan fingerprint density at radius 3 is 2.67 bits per heavy atom. The summed E-state index contributed by atoms with van der Waals surface area (Å²) in [5, 5.41) is 0.385. The molecule has 0 bridgehead atoms. The van der Waals surface area contributed by atoms with Gasteiger partial charge in [-0.05, 0) is 24.6 Å². The van der Waals surface area contributed by atoms with Gasteiger partial charge in [0.25, 0.3) is 0 Å². The Kier molecular flexibility index (Phi) is 4.91. The molecule has 2 aromatic rings. The first kappa shape index (κ1) is 17.3. The molecule has 0 spiro atoms. The molecule has 1 aromatic heterocycles. The topological polar surface area (TPSA) is 72.4 Å². The molecule has 1 fully saturated rings. The summed E-state index contributed by atoms with van der Waals surface area (Å²) in [7, 11) is -3.79. The first-order chi connectivity index (χ1) is 11.4. The standard InChI is InChI=1S/C14H12Cl2FN3O3S/c15-9-1-2-12(16)13(5-9)24(21,22)20-4-3-11(8-20)23-14-18-6-10(17)7-19-14/h1-2,5-7,11H,3-4,8H2/t11-/m1/s1. The van der Waals surface area contributed by atoms with Crippen LogP contribution in [0.5, 0.6) is 6.01 Å². The summed E-state index contributed by atoms with van der Waals surface area (Å²) in [5.41, 5.74) is 0. The summed E-state index contributed by atoms with van der Waals surface area (Å²) in [5.74, 6) is -0.575. The maximum atomic E-state index is 12.8. The van der Waals surface area contributed by atoms with Gasteiger partial charge in [-0.15, -0.1) is 0 Å². The van der Waals surface area contributed by atoms with Gasteiger partial charge in [0.05, 0.1) is 24.0 Å². The molecule has 10 heteroatoms. The zero-order chi connectivity index (χ0) is 17.3. The van der Waals surface area contributed by atoms with Gasteiger partial charge < -0.3 is 4.74 Å². The third-order valence-corrected chi connectivity index (χ3v) is 6.07. The van der Waals surface area contributed by atoms with Crippen LogP contribution in [0.4, 0.5) is 4.39 Å². The van der Waals surface area contributed by atoms with E-state index in [-0.39, 0.29) is 34.0 Å². The van der Waals surface area contributed by atoms with E-state index in [1.54, 1.807) is 0 Å². The number of hydrogen-bond donors (Lipinski definition) is 0. The van der Waals surface area contributed by atoms with E-state index in [0.29, 0.717) is 6.42 Å². The molecule has 0 amide bonds. The van der Waals surface area contributed by atoms with E-state index in [4.69, 9.17) is 27.9 Å². The van der Waals surface area contributed by atoms with Crippen LogP contribution in [0.1, 0.15) is 6.42 Å². The predicted octanol–water partition coefficient (Wildman–Crippen LogP) is 2.76. The van der Waals surface area contributed by atoms with Crippen LogP contribution in [0, 0.1) is 5.82 Å². The van der Waals surface area contributed by atoms with E-state index in [1.165, 1.54) is 22.5 Å². The first-order valence-corrected chi connectivity index (χ1v) is 9.15. The minimum Gasteiger partial charge on any atom is -0.459 e. The highest BCUT2D eigenvalue weighted by Gasteiger charge is 2.35. The zero-order valence-electron chi connectivity index (χ0n) is 12.2. The molecule has 1 aromatic carbocycles. The predicted molar refractivity (Wildman–Crippen MR) is 86.2 cm³/mol. The van der Waals surface area contributed by atoms with Gasteiger partial charge in [-0.1, -0.05) is 23.2 Å². The fourth-order valence-electron chi connectivity index (χ4n) is 2.34. The zero-order valence-corrected chi connectivity index (χ0v) is 14.5. The SMILES string of the molecule is O=S(=O)(c1cc(Cl)ccc1Cl)N1CC[C@@H](Oc2ncc(F)cn2)C1. The summed E-state index contributed by atoms with van der Waals surface area (Å²) < 4.78 is 44.9. The number of ether oxygens (including phenoxy) is 1. The Balaban J connectivity index is 1.74. The molecule has 0 unspecified atom stereocenters. The average molecular weight is 392 g/mol. The lowest BCUT2D eigenvalue weighted by Crippen LogP contribution is -2.31. The van der Waals surface area contributed by atoms with Crippen molar-refractivity contribution in [1.29, 1.82) is 0 Å². The normalized spacial score (nSPS) is 18.7. The molecule has 1 atom stereocenters. The Morgan fingerprint density at radius 1 is 1.25 bits per heavy atom. The maximum Gasteiger partial charge on any atom is 0.316 e. The van der Waals surface area contributed by atoms with E-state index < -0.39 is 21.9 Å². The number of rotatable bonds is 4. The van der Waals surface area contributed by atoms with E-state index in [9.17, 15) is 12.8 Å². The molecule has 2 heterocycles. The van der Waals surface area contributed by atoms with Gasteiger partial charge in [0, 0.05) is 11.6 Å². The molecule has 1 saturated heterocycles. The van der Waals surface area contributed by atoms with Gasteiger partial charge in [-0.25, -0.2) is 22.8 Å². The monoisotopic (exact) mass is 391 g/mol. The van der Waals surface area contributed by atoms with Gasteiger partial charge in [0.1, 0.15) is 11.0 Å². The first-order valence-electron chi connectivity index (χ1n) is 6.95. The van der Waals surface area contributed by atoms with Crippen molar-refractivity contribution >= 4 is 33.2 Å². The van der Waals surface area contributed by atoms with Gasteiger partial charge in [0.2, 0.25) is 10.0 Å². The fourth-order valence-corrected chi connectivity index (χ4v) is 4.56. The second-order valence-electron chi connectivity index (χ2n) is 5.15. The summed E-state index contributed by atoms with van der Waals surface area (Å²) in [6.07, 6.45) is 2.00. The van der Waals surface area contributed by atoms with Crippen LogP contribution in [-0.2, 0) is 10.0 Å². The number of halogens is 3. The smallest absolute Gasteiger partial charge is 0.316 e. The average Bonchev–Trinajstić information content (AvgIpc) is 3.01. The van der Waals surface area contributed by atoms with E-state index in [1.807, 2.05) is 0 Å². The summed E-state index contributed by atoms with van der Waals surface area (Å²) in [6.45, 7) is 0.378. The molecular formula is C14H12Cl2FN3O3S. The lowest BCUT2D eigenvalue weighted by molar-refractivity contribution is 0.197. The highest BCUT2D eigenvalue weighted by atomic mass is 35.5. The van der Waals surface area contributed by atoms with Gasteiger partial charge >= 0.3 is 6.01 Å². The number of aromatic nitrogens is 2. The Morgan fingerprint density at radius 2 is 1.96 bits per heavy atom. The molecule has 0 saturated carbocycles. The molecule has 0 aliphatic carbocycles. The summed E-state index contributed by atoms with van der Waals surface area (Å²) >= 11 is 11.9. The minimum atomic E-state index is -3.79. The minimum absolute atomic E-state index is 0.00133. The van der Waals surface area contributed by atoms with Crippen molar-refractivity contribution in [3.63, 3.8) is 0 Å². The number of hydrogen-bond acceptors (Lipinski definition) is 5. The van der Waals surface area contributed by atoms with Crippen LogP contribution in [0.25, 0.3) is 0 Å². The Hall–Kier alpha value is -1.48. The van der Waals surface area contributed by atoms with Crippen molar-refractivity contribution < 1.29 is 17.5 Å². The van der Waals surface area contributed by atoms with Crippen molar-refractivity contribution in [2.75, 3.05) is 13.1 Å². The van der Waals surface area contributed by atoms with Crippen LogP contribution in [0.2, 0.25) is 10.0 Å². The largest absolute Gasteiger partial charge is 0.459 e. The molecule has 1 aliphatic rings. The van der Waals surface area contributed by atoms with Gasteiger partial charge in [-0.2, -0.15) is 4.31 Å². The molecule has 128 valence electrons. The lowest BCUT2D eigenvalue weighted by Gasteiger charge is -2.17. The summed E-state index contributed by atoms with van der Waals surface area (Å²) in [6, 6.07) is 4.27. The third kappa shape index (κ3) is 3.61. The highest BCUT2D eigenvalue weighted by Crippen LogP contribution is 2.30. The maximum absolute atomic E-state index is 12.8. The summed E-state index contributed by atoms with van der Waals surface area (Å²) in [4.78, 5) is 7.35. The van der Waals surface area contributed by atoms with E-state index >= 15 is 0 Å². The van der Waals surface area contributed by atoms with Crippen molar-refractivity contribution in [3.05, 3.63) is 46.5 Å². The van der Waals surface area contributed by atoms with Crippen molar-refractivity contribution in [2.45, 2.75) is 17.4 Å². The van der Waals surface area contributed by atoms with Crippen molar-refractivity contribution in [2.24, 2.45) is 0 Å². The number of sulfonamides is 1. The number of nitrogens with zero attached hydrogens (tertiary/aromatic N) is 3. The third-order valence-electron chi connectivity index (χ3n) is 3.49. The van der Waals surface area contributed by atoms with Crippen molar-refractivity contribution in [3.8, 4) is 6.01 Å². The molecule has 0 N–H and O–H groups in total. The van der Waals surface area contributed by atoms with Crippen LogP contribution in [0.3, 0.4) is 0 Å². The Bertz CT molecular complexity index is 849. The molecule has 6 nitrogen and oxygen atoms in total. The second-order valence-corrected chi connectivity index (χ2v) is 7.90. The molecule has 1 aliphatic heterocycles. The van der Waals surface area contributed by atoms with E-state index in [0.717, 1.165) is 12.4 Å². The van der Waals surface area contributed by atoms with Crippen LogP contribution < -0.4 is 4.74 Å². The highest BCUT2D eigenvalue weighted by molar-refractivity contribution is 7.89. The quantitative estimate of drug-likeness (QED) is 0.800.